The molecule has 2 rings (SSSR count). The quantitative estimate of drug-likeness (QED) is 0.632. The number of ether oxygens (including phenoxy) is 1. The van der Waals surface area contributed by atoms with Crippen molar-refractivity contribution in [1.82, 2.24) is 9.80 Å². The first-order chi connectivity index (χ1) is 7.27. The molecule has 0 bridgehead atoms. The summed E-state index contributed by atoms with van der Waals surface area (Å²) in [7, 11) is 3.96. The van der Waals surface area contributed by atoms with Crippen molar-refractivity contribution < 1.29 is 4.74 Å². The van der Waals surface area contributed by atoms with E-state index in [0.717, 1.165) is 32.6 Å². The molecule has 0 amide bonds. The molecule has 0 aromatic heterocycles. The number of likely N-dealkylation sites (N-methyl/N-ethyl adjacent to an activating group) is 1. The minimum Gasteiger partial charge on any atom is -0.356 e. The Morgan fingerprint density at radius 1 is 1.07 bits per heavy atom. The van der Waals surface area contributed by atoms with E-state index in [1.54, 1.807) is 7.11 Å². The van der Waals surface area contributed by atoms with Crippen molar-refractivity contribution >= 4 is 0 Å². The molecule has 0 atom stereocenters. The lowest BCUT2D eigenvalue weighted by molar-refractivity contribution is -0.0788. The Hall–Kier alpha value is -0.640. The molecule has 0 aromatic carbocycles. The van der Waals surface area contributed by atoms with Gasteiger partial charge in [0.1, 0.15) is 0 Å². The van der Waals surface area contributed by atoms with Crippen molar-refractivity contribution in [2.75, 3.05) is 40.3 Å². The Bertz CT molecular complexity index is 253. The maximum Gasteiger partial charge on any atom is 0.159 e. The van der Waals surface area contributed by atoms with Crippen molar-refractivity contribution in [3.8, 4) is 0 Å². The molecular formula is C12H20N2O. The van der Waals surface area contributed by atoms with Gasteiger partial charge in [0.2, 0.25) is 0 Å². The first-order valence-corrected chi connectivity index (χ1v) is 5.61. The van der Waals surface area contributed by atoms with E-state index in [-0.39, 0.29) is 5.72 Å². The first kappa shape index (κ1) is 10.9. The molecule has 1 saturated heterocycles. The Labute approximate surface area is 92.0 Å². The van der Waals surface area contributed by atoms with Gasteiger partial charge in [-0.2, -0.15) is 0 Å². The maximum absolute atomic E-state index is 5.69. The van der Waals surface area contributed by atoms with E-state index in [9.17, 15) is 0 Å². The molecule has 0 N–H and O–H groups in total. The topological polar surface area (TPSA) is 15.7 Å². The molecule has 84 valence electrons. The minimum atomic E-state index is -0.278. The fourth-order valence-electron chi connectivity index (χ4n) is 2.24. The van der Waals surface area contributed by atoms with E-state index in [2.05, 4.69) is 41.2 Å². The Balaban J connectivity index is 2.09. The van der Waals surface area contributed by atoms with Crippen molar-refractivity contribution in [3.05, 3.63) is 24.3 Å². The predicted molar refractivity (Wildman–Crippen MR) is 61.7 cm³/mol. The second kappa shape index (κ2) is 4.47. The van der Waals surface area contributed by atoms with Gasteiger partial charge in [0.25, 0.3) is 0 Å². The molecule has 0 radical (unpaired) electrons. The number of methoxy groups -OCH3 is 1. The van der Waals surface area contributed by atoms with Crippen LogP contribution in [0.25, 0.3) is 0 Å². The molecule has 0 saturated carbocycles. The molecule has 0 aromatic rings. The summed E-state index contributed by atoms with van der Waals surface area (Å²) in [5, 5.41) is 0. The van der Waals surface area contributed by atoms with Crippen molar-refractivity contribution in [1.29, 1.82) is 0 Å². The lowest BCUT2D eigenvalue weighted by atomic mass is 10.0. The van der Waals surface area contributed by atoms with Crippen LogP contribution >= 0.6 is 0 Å². The van der Waals surface area contributed by atoms with Crippen LogP contribution in [0, 0.1) is 0 Å². The summed E-state index contributed by atoms with van der Waals surface area (Å²) in [6, 6.07) is 0. The van der Waals surface area contributed by atoms with Crippen LogP contribution in [-0.2, 0) is 4.74 Å². The highest BCUT2D eigenvalue weighted by Gasteiger charge is 2.34. The first-order valence-electron chi connectivity index (χ1n) is 5.61. The molecule has 1 fully saturated rings. The molecule has 2 aliphatic rings. The van der Waals surface area contributed by atoms with Crippen LogP contribution in [0.2, 0.25) is 0 Å². The van der Waals surface area contributed by atoms with E-state index in [4.69, 9.17) is 4.74 Å². The normalized spacial score (nSPS) is 27.1. The van der Waals surface area contributed by atoms with Crippen LogP contribution < -0.4 is 0 Å². The molecule has 15 heavy (non-hydrogen) atoms. The minimum absolute atomic E-state index is 0.278. The Kier molecular flexibility index (Phi) is 3.24. The fourth-order valence-corrected chi connectivity index (χ4v) is 2.24. The molecule has 3 nitrogen and oxygen atoms in total. The van der Waals surface area contributed by atoms with Crippen molar-refractivity contribution in [2.24, 2.45) is 0 Å². The Morgan fingerprint density at radius 2 is 1.67 bits per heavy atom. The number of allylic oxidation sites excluding steroid dienone is 2. The van der Waals surface area contributed by atoms with Gasteiger partial charge in [-0.15, -0.1) is 0 Å². The van der Waals surface area contributed by atoms with Crippen molar-refractivity contribution in [2.45, 2.75) is 12.1 Å². The second-order valence-corrected chi connectivity index (χ2v) is 4.29. The van der Waals surface area contributed by atoms with Crippen LogP contribution in [0.5, 0.6) is 0 Å². The molecular weight excluding hydrogens is 188 g/mol. The van der Waals surface area contributed by atoms with Crippen LogP contribution in [0.1, 0.15) is 6.42 Å². The van der Waals surface area contributed by atoms with Gasteiger partial charge in [0, 0.05) is 33.3 Å². The molecule has 1 aliphatic carbocycles. The fraction of sp³-hybridized carbons (Fsp3) is 0.667. The van der Waals surface area contributed by atoms with E-state index in [0.29, 0.717) is 0 Å². The van der Waals surface area contributed by atoms with E-state index >= 15 is 0 Å². The van der Waals surface area contributed by atoms with E-state index in [1.165, 1.54) is 0 Å². The van der Waals surface area contributed by atoms with Crippen LogP contribution in [0.4, 0.5) is 0 Å². The van der Waals surface area contributed by atoms with Gasteiger partial charge in [-0.25, -0.2) is 0 Å². The molecule has 0 spiro atoms. The average Bonchev–Trinajstić information content (AvgIpc) is 2.31. The number of hydrogen-bond acceptors (Lipinski definition) is 3. The zero-order valence-corrected chi connectivity index (χ0v) is 9.65. The molecule has 1 aliphatic heterocycles. The van der Waals surface area contributed by atoms with Crippen LogP contribution in [0.3, 0.4) is 0 Å². The van der Waals surface area contributed by atoms with Gasteiger partial charge in [0.15, 0.2) is 5.72 Å². The highest BCUT2D eigenvalue weighted by molar-refractivity contribution is 5.20. The molecule has 1 heterocycles. The lowest BCUT2D eigenvalue weighted by Gasteiger charge is -2.43. The highest BCUT2D eigenvalue weighted by Crippen LogP contribution is 2.25. The van der Waals surface area contributed by atoms with Crippen molar-refractivity contribution in [3.63, 3.8) is 0 Å². The third-order valence-corrected chi connectivity index (χ3v) is 3.31. The summed E-state index contributed by atoms with van der Waals surface area (Å²) in [6.07, 6.45) is 9.75. The van der Waals surface area contributed by atoms with Gasteiger partial charge >= 0.3 is 0 Å². The number of piperazine rings is 1. The monoisotopic (exact) mass is 208 g/mol. The summed E-state index contributed by atoms with van der Waals surface area (Å²) in [5.74, 6) is 0. The number of hydrogen-bond donors (Lipinski definition) is 0. The van der Waals surface area contributed by atoms with Gasteiger partial charge < -0.3 is 9.64 Å². The summed E-state index contributed by atoms with van der Waals surface area (Å²) in [4.78, 5) is 4.76. The van der Waals surface area contributed by atoms with E-state index < -0.39 is 0 Å². The average molecular weight is 208 g/mol. The number of nitrogens with zero attached hydrogens (tertiary/aromatic N) is 2. The summed E-state index contributed by atoms with van der Waals surface area (Å²) >= 11 is 0. The SMILES string of the molecule is COC1(N2CCN(C)CC2)C=CCC=C1. The maximum atomic E-state index is 5.69. The third-order valence-electron chi connectivity index (χ3n) is 3.31. The molecule has 3 heteroatoms. The number of rotatable bonds is 2. The zero-order valence-electron chi connectivity index (χ0n) is 9.65. The largest absolute Gasteiger partial charge is 0.356 e. The summed E-state index contributed by atoms with van der Waals surface area (Å²) in [6.45, 7) is 4.37. The van der Waals surface area contributed by atoms with Gasteiger partial charge in [-0.05, 0) is 25.6 Å². The standard InChI is InChI=1S/C12H20N2O/c1-13-8-10-14(11-9-13)12(15-2)6-4-3-5-7-12/h4-7H,3,8-11H2,1-2H3. The Morgan fingerprint density at radius 3 is 2.20 bits per heavy atom. The van der Waals surface area contributed by atoms with E-state index in [1.807, 2.05) is 0 Å². The highest BCUT2D eigenvalue weighted by atomic mass is 16.5. The lowest BCUT2D eigenvalue weighted by Crippen LogP contribution is -2.56. The van der Waals surface area contributed by atoms with Gasteiger partial charge in [-0.1, -0.05) is 12.2 Å². The smallest absolute Gasteiger partial charge is 0.159 e. The summed E-state index contributed by atoms with van der Waals surface area (Å²) < 4.78 is 5.69. The third kappa shape index (κ3) is 2.14. The van der Waals surface area contributed by atoms with Gasteiger partial charge in [-0.3, -0.25) is 4.90 Å². The van der Waals surface area contributed by atoms with Gasteiger partial charge in [0.05, 0.1) is 0 Å². The summed E-state index contributed by atoms with van der Waals surface area (Å²) in [5.41, 5.74) is -0.278. The zero-order chi connectivity index (χ0) is 10.7. The second-order valence-electron chi connectivity index (χ2n) is 4.29. The molecule has 0 unspecified atom stereocenters. The van der Waals surface area contributed by atoms with Crippen LogP contribution in [-0.4, -0.2) is 55.9 Å². The predicted octanol–water partition coefficient (Wildman–Crippen LogP) is 1.09. The van der Waals surface area contributed by atoms with Crippen LogP contribution in [0.15, 0.2) is 24.3 Å².